The molecule has 0 unspecified atom stereocenters. The lowest BCUT2D eigenvalue weighted by atomic mass is 9.76. The SMILES string of the molecule is Cc1ccc(NCc2ccc(C)c([B-](F)(F)F)c2)cc1. The van der Waals surface area contributed by atoms with E-state index in [0.29, 0.717) is 12.1 Å². The zero-order chi connectivity index (χ0) is 14.8. The highest BCUT2D eigenvalue weighted by atomic mass is 19.4. The minimum absolute atomic E-state index is 0.275. The summed E-state index contributed by atoms with van der Waals surface area (Å²) in [5.74, 6) is 0. The largest absolute Gasteiger partial charge is 0.509 e. The van der Waals surface area contributed by atoms with Gasteiger partial charge in [-0.2, -0.15) is 0 Å². The van der Waals surface area contributed by atoms with Crippen molar-refractivity contribution in [2.75, 3.05) is 5.32 Å². The molecule has 0 aliphatic rings. The highest BCUT2D eigenvalue weighted by molar-refractivity contribution is 6.74. The van der Waals surface area contributed by atoms with Gasteiger partial charge in [0.1, 0.15) is 0 Å². The fourth-order valence-electron chi connectivity index (χ4n) is 2.03. The van der Waals surface area contributed by atoms with Gasteiger partial charge < -0.3 is 18.3 Å². The van der Waals surface area contributed by atoms with E-state index in [1.807, 2.05) is 31.2 Å². The molecule has 2 aromatic rings. The zero-order valence-corrected chi connectivity index (χ0v) is 11.5. The number of nitrogens with one attached hydrogen (secondary N) is 1. The van der Waals surface area contributed by atoms with Crippen LogP contribution in [-0.4, -0.2) is 6.98 Å². The molecule has 0 saturated carbocycles. The van der Waals surface area contributed by atoms with Crippen molar-refractivity contribution in [2.24, 2.45) is 0 Å². The van der Waals surface area contributed by atoms with Crippen LogP contribution >= 0.6 is 0 Å². The maximum absolute atomic E-state index is 12.9. The zero-order valence-electron chi connectivity index (χ0n) is 11.5. The predicted octanol–water partition coefficient (Wildman–Crippen LogP) is 3.97. The smallest absolute Gasteiger partial charge is 0.445 e. The molecule has 0 saturated heterocycles. The standard InChI is InChI=1S/C15H16BF3N/c1-11-3-7-14(8-4-11)20-10-13-6-5-12(2)15(9-13)16(17,18)19/h3-9,20H,10H2,1-2H3/q-1. The number of halogens is 3. The van der Waals surface area contributed by atoms with Crippen LogP contribution in [0.25, 0.3) is 0 Å². The molecular weight excluding hydrogens is 262 g/mol. The fourth-order valence-corrected chi connectivity index (χ4v) is 2.03. The van der Waals surface area contributed by atoms with Crippen LogP contribution in [-0.2, 0) is 6.54 Å². The maximum atomic E-state index is 12.9. The Balaban J connectivity index is 2.12. The van der Waals surface area contributed by atoms with E-state index in [1.54, 1.807) is 6.07 Å². The van der Waals surface area contributed by atoms with Crippen molar-refractivity contribution in [3.63, 3.8) is 0 Å². The van der Waals surface area contributed by atoms with Crippen molar-refractivity contribution < 1.29 is 12.9 Å². The Hall–Kier alpha value is -1.91. The van der Waals surface area contributed by atoms with Crippen LogP contribution in [0, 0.1) is 13.8 Å². The fraction of sp³-hybridized carbons (Fsp3) is 0.200. The van der Waals surface area contributed by atoms with Gasteiger partial charge in [0.15, 0.2) is 0 Å². The lowest BCUT2D eigenvalue weighted by Crippen LogP contribution is -2.36. The summed E-state index contributed by atoms with van der Waals surface area (Å²) >= 11 is 0. The van der Waals surface area contributed by atoms with Gasteiger partial charge in [0.2, 0.25) is 0 Å². The van der Waals surface area contributed by atoms with Gasteiger partial charge in [0.05, 0.1) is 0 Å². The molecule has 2 aromatic carbocycles. The lowest BCUT2D eigenvalue weighted by molar-refractivity contribution is 0.500. The Bertz CT molecular complexity index is 591. The summed E-state index contributed by atoms with van der Waals surface area (Å²) in [6.45, 7) is -1.10. The molecule has 0 aromatic heterocycles. The van der Waals surface area contributed by atoms with E-state index in [1.165, 1.54) is 19.1 Å². The third-order valence-electron chi connectivity index (χ3n) is 3.24. The molecule has 0 aliphatic carbocycles. The number of anilines is 1. The average molecular weight is 278 g/mol. The van der Waals surface area contributed by atoms with E-state index in [0.717, 1.165) is 11.3 Å². The molecule has 1 nitrogen and oxygen atoms in total. The normalized spacial score (nSPS) is 11.4. The number of hydrogen-bond acceptors (Lipinski definition) is 1. The van der Waals surface area contributed by atoms with Gasteiger partial charge in [-0.15, -0.1) is 5.46 Å². The minimum Gasteiger partial charge on any atom is -0.445 e. The number of aryl methyl sites for hydroxylation is 2. The van der Waals surface area contributed by atoms with Crippen LogP contribution in [0.1, 0.15) is 16.7 Å². The molecule has 0 radical (unpaired) electrons. The molecule has 1 N–H and O–H groups in total. The first-order chi connectivity index (χ1) is 9.36. The summed E-state index contributed by atoms with van der Waals surface area (Å²) in [5.41, 5.74) is 2.44. The van der Waals surface area contributed by atoms with Gasteiger partial charge in [-0.3, -0.25) is 0 Å². The van der Waals surface area contributed by atoms with E-state index < -0.39 is 12.4 Å². The number of rotatable bonds is 4. The first kappa shape index (κ1) is 14.5. The van der Waals surface area contributed by atoms with Gasteiger partial charge in [0, 0.05) is 12.2 Å². The van der Waals surface area contributed by atoms with Crippen molar-refractivity contribution in [1.29, 1.82) is 0 Å². The Morgan fingerprint density at radius 3 is 2.20 bits per heavy atom. The van der Waals surface area contributed by atoms with Gasteiger partial charge in [-0.05, 0) is 31.5 Å². The first-order valence-electron chi connectivity index (χ1n) is 6.46. The molecule has 0 amide bonds. The Kier molecular flexibility index (Phi) is 4.07. The molecule has 0 bridgehead atoms. The molecule has 20 heavy (non-hydrogen) atoms. The first-order valence-corrected chi connectivity index (χ1v) is 6.46. The molecule has 2 rings (SSSR count). The van der Waals surface area contributed by atoms with E-state index in [9.17, 15) is 12.9 Å². The van der Waals surface area contributed by atoms with Crippen molar-refractivity contribution in [3.05, 3.63) is 59.2 Å². The third kappa shape index (κ3) is 3.56. The summed E-state index contributed by atoms with van der Waals surface area (Å²) in [6.07, 6.45) is 0. The predicted molar refractivity (Wildman–Crippen MR) is 78.4 cm³/mol. The highest BCUT2D eigenvalue weighted by Crippen LogP contribution is 2.15. The van der Waals surface area contributed by atoms with Crippen molar-refractivity contribution in [3.8, 4) is 0 Å². The number of benzene rings is 2. The third-order valence-corrected chi connectivity index (χ3v) is 3.24. The molecule has 106 valence electrons. The molecule has 0 aliphatic heterocycles. The lowest BCUT2D eigenvalue weighted by Gasteiger charge is -2.19. The summed E-state index contributed by atoms with van der Waals surface area (Å²) in [7, 11) is 0. The van der Waals surface area contributed by atoms with Gasteiger partial charge in [0.25, 0.3) is 0 Å². The highest BCUT2D eigenvalue weighted by Gasteiger charge is 2.27. The van der Waals surface area contributed by atoms with Crippen molar-refractivity contribution in [2.45, 2.75) is 20.4 Å². The van der Waals surface area contributed by atoms with Crippen LogP contribution in [0.2, 0.25) is 0 Å². The van der Waals surface area contributed by atoms with E-state index in [2.05, 4.69) is 5.32 Å². The molecular formula is C15H16BF3N-. The van der Waals surface area contributed by atoms with Crippen LogP contribution < -0.4 is 10.8 Å². The van der Waals surface area contributed by atoms with Gasteiger partial charge in [-0.1, -0.05) is 41.5 Å². The topological polar surface area (TPSA) is 12.0 Å². The number of hydrogen-bond donors (Lipinski definition) is 1. The summed E-state index contributed by atoms with van der Waals surface area (Å²) < 4.78 is 38.6. The van der Waals surface area contributed by atoms with Gasteiger partial charge >= 0.3 is 6.98 Å². The second-order valence-corrected chi connectivity index (χ2v) is 4.99. The molecule has 0 fully saturated rings. The second kappa shape index (κ2) is 5.61. The van der Waals surface area contributed by atoms with Crippen molar-refractivity contribution >= 4 is 18.1 Å². The summed E-state index contributed by atoms with van der Waals surface area (Å²) in [4.78, 5) is 0. The quantitative estimate of drug-likeness (QED) is 0.834. The van der Waals surface area contributed by atoms with E-state index >= 15 is 0 Å². The van der Waals surface area contributed by atoms with E-state index in [4.69, 9.17) is 0 Å². The second-order valence-electron chi connectivity index (χ2n) is 4.99. The van der Waals surface area contributed by atoms with E-state index in [-0.39, 0.29) is 5.56 Å². The summed E-state index contributed by atoms with van der Waals surface area (Å²) in [6, 6.07) is 12.2. The maximum Gasteiger partial charge on any atom is 0.509 e. The van der Waals surface area contributed by atoms with Crippen LogP contribution in [0.4, 0.5) is 18.6 Å². The monoisotopic (exact) mass is 278 g/mol. The van der Waals surface area contributed by atoms with Crippen LogP contribution in [0.3, 0.4) is 0 Å². The minimum atomic E-state index is -4.95. The Labute approximate surface area is 116 Å². The molecule has 0 spiro atoms. The average Bonchev–Trinajstić information content (AvgIpc) is 2.38. The Morgan fingerprint density at radius 2 is 1.60 bits per heavy atom. The van der Waals surface area contributed by atoms with Crippen LogP contribution in [0.5, 0.6) is 0 Å². The molecule has 5 heteroatoms. The molecule has 0 atom stereocenters. The Morgan fingerprint density at radius 1 is 0.950 bits per heavy atom. The molecule has 0 heterocycles. The van der Waals surface area contributed by atoms with Crippen molar-refractivity contribution in [1.82, 2.24) is 0 Å². The van der Waals surface area contributed by atoms with Gasteiger partial charge in [-0.25, -0.2) is 0 Å². The summed E-state index contributed by atoms with van der Waals surface area (Å²) in [5, 5.41) is 3.13. The van der Waals surface area contributed by atoms with Crippen LogP contribution in [0.15, 0.2) is 42.5 Å².